The summed E-state index contributed by atoms with van der Waals surface area (Å²) in [5, 5.41) is 8.84. The normalized spacial score (nSPS) is 19.7. The fourth-order valence-corrected chi connectivity index (χ4v) is 3.23. The lowest BCUT2D eigenvalue weighted by molar-refractivity contribution is 0.0323. The summed E-state index contributed by atoms with van der Waals surface area (Å²) in [5.74, 6) is 2.16. The van der Waals surface area contributed by atoms with Crippen LogP contribution in [0.25, 0.3) is 0 Å². The quantitative estimate of drug-likeness (QED) is 0.820. The Bertz CT molecular complexity index is 637. The summed E-state index contributed by atoms with van der Waals surface area (Å²) in [4.78, 5) is 8.98. The van der Waals surface area contributed by atoms with Crippen molar-refractivity contribution in [1.29, 1.82) is 0 Å². The fraction of sp³-hybridized carbons (Fsp3) is 0.562. The molecule has 0 radical (unpaired) electrons. The van der Waals surface area contributed by atoms with Crippen molar-refractivity contribution < 1.29 is 4.74 Å². The molecule has 4 rings (SSSR count). The second-order valence-electron chi connectivity index (χ2n) is 6.14. The Morgan fingerprint density at radius 3 is 2.74 bits per heavy atom. The van der Waals surface area contributed by atoms with E-state index in [4.69, 9.17) is 4.74 Å². The van der Waals surface area contributed by atoms with Crippen LogP contribution in [0.2, 0.25) is 0 Å². The van der Waals surface area contributed by atoms with Gasteiger partial charge in [-0.05, 0) is 11.6 Å². The molecule has 2 aromatic heterocycles. The number of fused-ring (bicyclic) bond motifs is 1. The van der Waals surface area contributed by atoms with E-state index in [0.29, 0.717) is 0 Å². The second-order valence-corrected chi connectivity index (χ2v) is 6.14. The Kier molecular flexibility index (Phi) is 4.32. The van der Waals surface area contributed by atoms with E-state index in [-0.39, 0.29) is 0 Å². The van der Waals surface area contributed by atoms with E-state index >= 15 is 0 Å². The lowest BCUT2D eigenvalue weighted by Gasteiger charge is -2.29. The third kappa shape index (κ3) is 3.41. The molecule has 0 aliphatic carbocycles. The SMILES string of the molecule is c1cncc(CN2CCn3c(CN4CCOCC4)nnc3C2)c1. The van der Waals surface area contributed by atoms with Gasteiger partial charge >= 0.3 is 0 Å². The molecule has 0 unspecified atom stereocenters. The van der Waals surface area contributed by atoms with E-state index in [0.717, 1.165) is 70.7 Å². The molecule has 2 aliphatic rings. The molecule has 0 saturated carbocycles. The molecule has 0 aromatic carbocycles. The zero-order valence-corrected chi connectivity index (χ0v) is 13.3. The summed E-state index contributed by atoms with van der Waals surface area (Å²) in [6.45, 7) is 8.23. The molecular weight excluding hydrogens is 292 g/mol. The topological polar surface area (TPSA) is 59.3 Å². The standard InChI is InChI=1S/C16H22N6O/c1-2-14(10-17-3-1)11-21-4-5-22-15(18-19-16(22)13-21)12-20-6-8-23-9-7-20/h1-3,10H,4-9,11-13H2. The van der Waals surface area contributed by atoms with Crippen LogP contribution < -0.4 is 0 Å². The Morgan fingerprint density at radius 1 is 1.00 bits per heavy atom. The molecule has 0 spiro atoms. The van der Waals surface area contributed by atoms with Gasteiger partial charge in [0.05, 0.1) is 26.3 Å². The van der Waals surface area contributed by atoms with E-state index in [1.54, 1.807) is 0 Å². The zero-order chi connectivity index (χ0) is 15.5. The first-order valence-electron chi connectivity index (χ1n) is 8.21. The number of nitrogens with zero attached hydrogens (tertiary/aromatic N) is 6. The molecule has 0 atom stereocenters. The van der Waals surface area contributed by atoms with Crippen molar-refractivity contribution in [3.05, 3.63) is 41.7 Å². The van der Waals surface area contributed by atoms with E-state index in [2.05, 4.69) is 35.6 Å². The number of pyridine rings is 1. The van der Waals surface area contributed by atoms with Gasteiger partial charge in [-0.3, -0.25) is 14.8 Å². The van der Waals surface area contributed by atoms with Crippen molar-refractivity contribution in [3.63, 3.8) is 0 Å². The minimum absolute atomic E-state index is 0.819. The van der Waals surface area contributed by atoms with Crippen molar-refractivity contribution >= 4 is 0 Å². The number of hydrogen-bond acceptors (Lipinski definition) is 6. The zero-order valence-electron chi connectivity index (χ0n) is 13.3. The molecule has 1 fully saturated rings. The number of rotatable bonds is 4. The smallest absolute Gasteiger partial charge is 0.147 e. The van der Waals surface area contributed by atoms with Crippen LogP contribution in [0.3, 0.4) is 0 Å². The van der Waals surface area contributed by atoms with Crippen molar-refractivity contribution in [3.8, 4) is 0 Å². The summed E-state index contributed by atoms with van der Waals surface area (Å²) >= 11 is 0. The van der Waals surface area contributed by atoms with Crippen LogP contribution in [-0.4, -0.2) is 62.4 Å². The van der Waals surface area contributed by atoms with Gasteiger partial charge in [0, 0.05) is 45.1 Å². The maximum Gasteiger partial charge on any atom is 0.147 e. The number of hydrogen-bond donors (Lipinski definition) is 0. The van der Waals surface area contributed by atoms with Gasteiger partial charge in [0.2, 0.25) is 0 Å². The molecule has 122 valence electrons. The highest BCUT2D eigenvalue weighted by Crippen LogP contribution is 2.16. The third-order valence-corrected chi connectivity index (χ3v) is 4.51. The lowest BCUT2D eigenvalue weighted by atomic mass is 10.2. The highest BCUT2D eigenvalue weighted by Gasteiger charge is 2.22. The average molecular weight is 314 g/mol. The van der Waals surface area contributed by atoms with E-state index in [9.17, 15) is 0 Å². The van der Waals surface area contributed by atoms with Crippen LogP contribution in [-0.2, 0) is 30.9 Å². The van der Waals surface area contributed by atoms with E-state index in [1.807, 2.05) is 18.5 Å². The Morgan fingerprint density at radius 2 is 1.91 bits per heavy atom. The first kappa shape index (κ1) is 14.7. The minimum atomic E-state index is 0.819. The number of ether oxygens (including phenoxy) is 1. The largest absolute Gasteiger partial charge is 0.379 e. The average Bonchev–Trinajstić information content (AvgIpc) is 2.99. The van der Waals surface area contributed by atoms with Gasteiger partial charge in [-0.15, -0.1) is 10.2 Å². The van der Waals surface area contributed by atoms with Gasteiger partial charge in [0.15, 0.2) is 0 Å². The van der Waals surface area contributed by atoms with Gasteiger partial charge in [0.25, 0.3) is 0 Å². The number of aromatic nitrogens is 4. The molecule has 2 aliphatic heterocycles. The second kappa shape index (κ2) is 6.74. The molecule has 0 N–H and O–H groups in total. The van der Waals surface area contributed by atoms with E-state index in [1.165, 1.54) is 5.56 Å². The first-order valence-corrected chi connectivity index (χ1v) is 8.21. The summed E-state index contributed by atoms with van der Waals surface area (Å²) in [7, 11) is 0. The van der Waals surface area contributed by atoms with Crippen LogP contribution in [0.5, 0.6) is 0 Å². The molecule has 4 heterocycles. The molecular formula is C16H22N6O. The molecule has 23 heavy (non-hydrogen) atoms. The molecule has 0 bridgehead atoms. The highest BCUT2D eigenvalue weighted by molar-refractivity contribution is 5.09. The van der Waals surface area contributed by atoms with Crippen molar-refractivity contribution in [2.45, 2.75) is 26.2 Å². The highest BCUT2D eigenvalue weighted by atomic mass is 16.5. The predicted molar refractivity (Wildman–Crippen MR) is 84.5 cm³/mol. The van der Waals surface area contributed by atoms with Gasteiger partial charge in [0.1, 0.15) is 11.6 Å². The molecule has 2 aromatic rings. The molecule has 7 nitrogen and oxygen atoms in total. The van der Waals surface area contributed by atoms with Crippen molar-refractivity contribution in [2.75, 3.05) is 32.8 Å². The molecule has 7 heteroatoms. The first-order chi connectivity index (χ1) is 11.4. The van der Waals surface area contributed by atoms with Gasteiger partial charge in [-0.1, -0.05) is 6.07 Å². The van der Waals surface area contributed by atoms with Gasteiger partial charge in [-0.2, -0.15) is 0 Å². The predicted octanol–water partition coefficient (Wildman–Crippen LogP) is 0.521. The maximum atomic E-state index is 5.41. The van der Waals surface area contributed by atoms with Crippen LogP contribution in [0, 0.1) is 0 Å². The van der Waals surface area contributed by atoms with Crippen LogP contribution >= 0.6 is 0 Å². The maximum absolute atomic E-state index is 5.41. The van der Waals surface area contributed by atoms with Gasteiger partial charge in [-0.25, -0.2) is 0 Å². The number of morpholine rings is 1. The summed E-state index contributed by atoms with van der Waals surface area (Å²) < 4.78 is 7.69. The third-order valence-electron chi connectivity index (χ3n) is 4.51. The van der Waals surface area contributed by atoms with Crippen molar-refractivity contribution in [1.82, 2.24) is 29.5 Å². The van der Waals surface area contributed by atoms with Crippen molar-refractivity contribution in [2.24, 2.45) is 0 Å². The minimum Gasteiger partial charge on any atom is -0.379 e. The monoisotopic (exact) mass is 314 g/mol. The summed E-state index contributed by atoms with van der Waals surface area (Å²) in [5.41, 5.74) is 1.24. The lowest BCUT2D eigenvalue weighted by Crippen LogP contribution is -2.38. The molecule has 0 amide bonds. The Labute approximate surface area is 135 Å². The van der Waals surface area contributed by atoms with E-state index < -0.39 is 0 Å². The fourth-order valence-electron chi connectivity index (χ4n) is 3.23. The van der Waals surface area contributed by atoms with Crippen LogP contribution in [0.15, 0.2) is 24.5 Å². The summed E-state index contributed by atoms with van der Waals surface area (Å²) in [6.07, 6.45) is 3.75. The Balaban J connectivity index is 1.40. The summed E-state index contributed by atoms with van der Waals surface area (Å²) in [6, 6.07) is 4.11. The Hall–Kier alpha value is -1.83. The van der Waals surface area contributed by atoms with Crippen LogP contribution in [0.1, 0.15) is 17.2 Å². The van der Waals surface area contributed by atoms with Crippen LogP contribution in [0.4, 0.5) is 0 Å². The van der Waals surface area contributed by atoms with Gasteiger partial charge < -0.3 is 9.30 Å². The molecule has 1 saturated heterocycles.